The molecule has 10 nitrogen and oxygen atoms in total. The molecule has 0 unspecified atom stereocenters. The molecule has 1 fully saturated rings. The van der Waals surface area contributed by atoms with Crippen molar-refractivity contribution in [2.75, 3.05) is 26.2 Å². The minimum Gasteiger partial charge on any atom is -0.364 e. The number of benzene rings is 1. The van der Waals surface area contributed by atoms with Crippen molar-refractivity contribution in [1.82, 2.24) is 23.6 Å². The third-order valence-corrected chi connectivity index (χ3v) is 8.31. The number of carbonyl (C=O) groups is 2. The van der Waals surface area contributed by atoms with Gasteiger partial charge in [-0.05, 0) is 32.4 Å². The largest absolute Gasteiger partial charge is 0.364 e. The van der Waals surface area contributed by atoms with Gasteiger partial charge < -0.3 is 15.2 Å². The standard InChI is InChI=1S/C24H30N6O4S/c1-16-5-7-19(8-6-16)14-30-18(3)22(17(2)26-30)24(32)28-9-11-29(12-10-28)35(33,34)20-13-21(23(25)31)27(4)15-20/h5-8,13,15H,9-12,14H2,1-4H3,(H2,25,31). The van der Waals surface area contributed by atoms with Gasteiger partial charge in [0.05, 0.1) is 17.8 Å². The van der Waals surface area contributed by atoms with Crippen molar-refractivity contribution in [3.05, 3.63) is 70.3 Å². The Balaban J connectivity index is 1.46. The van der Waals surface area contributed by atoms with Gasteiger partial charge in [-0.3, -0.25) is 14.3 Å². The van der Waals surface area contributed by atoms with Gasteiger partial charge in [-0.2, -0.15) is 9.40 Å². The second-order valence-electron chi connectivity index (χ2n) is 8.92. The Morgan fingerprint density at radius 1 is 1.03 bits per heavy atom. The lowest BCUT2D eigenvalue weighted by Gasteiger charge is -2.33. The van der Waals surface area contributed by atoms with Crippen LogP contribution in [-0.4, -0.2) is 70.0 Å². The van der Waals surface area contributed by atoms with Crippen LogP contribution in [0.25, 0.3) is 0 Å². The Hall–Kier alpha value is -3.44. The van der Waals surface area contributed by atoms with Crippen LogP contribution in [0.2, 0.25) is 0 Å². The molecule has 1 aliphatic rings. The zero-order valence-corrected chi connectivity index (χ0v) is 21.2. The summed E-state index contributed by atoms with van der Waals surface area (Å²) < 4.78 is 30.7. The Labute approximate surface area is 205 Å². The molecule has 186 valence electrons. The third kappa shape index (κ3) is 4.73. The number of rotatable bonds is 6. The van der Waals surface area contributed by atoms with Gasteiger partial charge in [0.25, 0.3) is 11.8 Å². The highest BCUT2D eigenvalue weighted by Gasteiger charge is 2.33. The summed E-state index contributed by atoms with van der Waals surface area (Å²) in [6.45, 7) is 7.13. The molecule has 0 aliphatic carbocycles. The third-order valence-electron chi connectivity index (χ3n) is 6.44. The van der Waals surface area contributed by atoms with Crippen molar-refractivity contribution in [3.63, 3.8) is 0 Å². The minimum absolute atomic E-state index is 0.0117. The molecule has 0 saturated carbocycles. The van der Waals surface area contributed by atoms with Crippen LogP contribution in [0.4, 0.5) is 0 Å². The molecule has 2 N–H and O–H groups in total. The number of amides is 2. The fraction of sp³-hybridized carbons (Fsp3) is 0.375. The van der Waals surface area contributed by atoms with E-state index < -0.39 is 15.9 Å². The number of aromatic nitrogens is 3. The summed E-state index contributed by atoms with van der Waals surface area (Å²) in [6, 6.07) is 9.47. The van der Waals surface area contributed by atoms with E-state index in [2.05, 4.69) is 5.10 Å². The van der Waals surface area contributed by atoms with Gasteiger partial charge in [0.2, 0.25) is 10.0 Å². The van der Waals surface area contributed by atoms with Gasteiger partial charge in [-0.15, -0.1) is 0 Å². The van der Waals surface area contributed by atoms with Crippen molar-refractivity contribution >= 4 is 21.8 Å². The molecule has 1 aromatic carbocycles. The number of nitrogens with two attached hydrogens (primary N) is 1. The average molecular weight is 499 g/mol. The summed E-state index contributed by atoms with van der Waals surface area (Å²) in [5.41, 5.74) is 9.70. The maximum atomic E-state index is 13.4. The lowest BCUT2D eigenvalue weighted by Crippen LogP contribution is -2.50. The molecule has 4 rings (SSSR count). The molecule has 3 aromatic rings. The Kier molecular flexibility index (Phi) is 6.56. The van der Waals surface area contributed by atoms with Crippen LogP contribution >= 0.6 is 0 Å². The number of hydrogen-bond acceptors (Lipinski definition) is 5. The van der Waals surface area contributed by atoms with E-state index in [0.717, 1.165) is 11.3 Å². The van der Waals surface area contributed by atoms with Crippen molar-refractivity contribution in [3.8, 4) is 0 Å². The second-order valence-corrected chi connectivity index (χ2v) is 10.9. The zero-order valence-electron chi connectivity index (χ0n) is 20.4. The number of carbonyl (C=O) groups excluding carboxylic acids is 2. The lowest BCUT2D eigenvalue weighted by molar-refractivity contribution is 0.0696. The number of piperazine rings is 1. The molecule has 2 aromatic heterocycles. The normalized spacial score (nSPS) is 14.9. The molecule has 1 aliphatic heterocycles. The summed E-state index contributed by atoms with van der Waals surface area (Å²) in [6.07, 6.45) is 1.38. The van der Waals surface area contributed by atoms with Gasteiger partial charge in [0.15, 0.2) is 0 Å². The number of primary amides is 1. The maximum absolute atomic E-state index is 13.4. The van der Waals surface area contributed by atoms with Crippen LogP contribution in [0.1, 0.15) is 43.4 Å². The van der Waals surface area contributed by atoms with Crippen LogP contribution in [0.15, 0.2) is 41.4 Å². The Morgan fingerprint density at radius 2 is 1.66 bits per heavy atom. The first-order valence-corrected chi connectivity index (χ1v) is 12.8. The van der Waals surface area contributed by atoms with Crippen LogP contribution in [0, 0.1) is 20.8 Å². The minimum atomic E-state index is -3.81. The van der Waals surface area contributed by atoms with Gasteiger partial charge >= 0.3 is 0 Å². The SMILES string of the molecule is Cc1ccc(Cn2nc(C)c(C(=O)N3CCN(S(=O)(=O)c4cc(C(N)=O)n(C)c4)CC3)c2C)cc1. The Morgan fingerprint density at radius 3 is 2.23 bits per heavy atom. The van der Waals surface area contributed by atoms with Gasteiger partial charge in [0.1, 0.15) is 10.6 Å². The highest BCUT2D eigenvalue weighted by atomic mass is 32.2. The quantitative estimate of drug-likeness (QED) is 0.551. The predicted octanol–water partition coefficient (Wildman–Crippen LogP) is 1.44. The average Bonchev–Trinajstić information content (AvgIpc) is 3.34. The van der Waals surface area contributed by atoms with Crippen LogP contribution in [-0.2, 0) is 23.6 Å². The monoisotopic (exact) mass is 498 g/mol. The first-order valence-electron chi connectivity index (χ1n) is 11.3. The lowest BCUT2D eigenvalue weighted by atomic mass is 10.1. The van der Waals surface area contributed by atoms with Gasteiger partial charge in [-0.1, -0.05) is 29.8 Å². The van der Waals surface area contributed by atoms with Crippen LogP contribution in [0.5, 0.6) is 0 Å². The zero-order chi connectivity index (χ0) is 25.5. The molecule has 0 atom stereocenters. The first kappa shape index (κ1) is 24.7. The summed E-state index contributed by atoms with van der Waals surface area (Å²) in [7, 11) is -2.24. The van der Waals surface area contributed by atoms with Gasteiger partial charge in [0, 0.05) is 45.1 Å². The van der Waals surface area contributed by atoms with Crippen molar-refractivity contribution < 1.29 is 18.0 Å². The molecule has 0 radical (unpaired) electrons. The summed E-state index contributed by atoms with van der Waals surface area (Å²) in [4.78, 5) is 26.5. The van der Waals surface area contributed by atoms with E-state index in [1.165, 1.54) is 26.7 Å². The van der Waals surface area contributed by atoms with Crippen LogP contribution < -0.4 is 5.73 Å². The second kappa shape index (κ2) is 9.31. The molecular weight excluding hydrogens is 468 g/mol. The van der Waals surface area contributed by atoms with Crippen molar-refractivity contribution in [2.24, 2.45) is 12.8 Å². The molecule has 35 heavy (non-hydrogen) atoms. The fourth-order valence-corrected chi connectivity index (χ4v) is 5.88. The molecule has 2 amide bonds. The fourth-order valence-electron chi connectivity index (χ4n) is 4.39. The van der Waals surface area contributed by atoms with Gasteiger partial charge in [-0.25, -0.2) is 8.42 Å². The van der Waals surface area contributed by atoms with Crippen molar-refractivity contribution in [1.29, 1.82) is 0 Å². The smallest absolute Gasteiger partial charge is 0.265 e. The van der Waals surface area contributed by atoms with E-state index in [0.29, 0.717) is 17.8 Å². The van der Waals surface area contributed by atoms with Crippen LogP contribution in [0.3, 0.4) is 0 Å². The topological polar surface area (TPSA) is 124 Å². The number of aryl methyl sites for hydroxylation is 3. The van der Waals surface area contributed by atoms with E-state index in [4.69, 9.17) is 5.73 Å². The van der Waals surface area contributed by atoms with E-state index in [1.54, 1.807) is 11.9 Å². The molecule has 11 heteroatoms. The number of sulfonamides is 1. The number of nitrogens with zero attached hydrogens (tertiary/aromatic N) is 5. The van der Waals surface area contributed by atoms with Crippen molar-refractivity contribution in [2.45, 2.75) is 32.2 Å². The van der Waals surface area contributed by atoms with E-state index >= 15 is 0 Å². The number of hydrogen-bond donors (Lipinski definition) is 1. The predicted molar refractivity (Wildman–Crippen MR) is 131 cm³/mol. The first-order chi connectivity index (χ1) is 16.5. The van der Waals surface area contributed by atoms with E-state index in [9.17, 15) is 18.0 Å². The maximum Gasteiger partial charge on any atom is 0.265 e. The highest BCUT2D eigenvalue weighted by molar-refractivity contribution is 7.89. The Bertz CT molecular complexity index is 1380. The highest BCUT2D eigenvalue weighted by Crippen LogP contribution is 2.22. The summed E-state index contributed by atoms with van der Waals surface area (Å²) in [5, 5.41) is 4.59. The molecule has 1 saturated heterocycles. The van der Waals surface area contributed by atoms with E-state index in [-0.39, 0.29) is 42.7 Å². The molecule has 0 spiro atoms. The van der Waals surface area contributed by atoms with E-state index in [1.807, 2.05) is 49.7 Å². The molecular formula is C24H30N6O4S. The summed E-state index contributed by atoms with van der Waals surface area (Å²) >= 11 is 0. The summed E-state index contributed by atoms with van der Waals surface area (Å²) in [5.74, 6) is -0.846. The molecule has 3 heterocycles. The molecule has 0 bridgehead atoms.